The highest BCUT2D eigenvalue weighted by atomic mass is 16.5. The average molecular weight is 1030 g/mol. The molecule has 394 valence electrons. The number of nitrogens with two attached hydrogens (primary N) is 1. The molecular formula is C60H65N7O9. The molecule has 0 radical (unpaired) electrons. The molecule has 1 aromatic heterocycles. The topological polar surface area (TPSA) is 213 Å². The summed E-state index contributed by atoms with van der Waals surface area (Å²) in [5.41, 5.74) is 17.0. The van der Waals surface area contributed by atoms with Crippen molar-refractivity contribution in [3.63, 3.8) is 0 Å². The Morgan fingerprint density at radius 1 is 0.763 bits per heavy atom. The third kappa shape index (κ3) is 10.8. The van der Waals surface area contributed by atoms with Crippen molar-refractivity contribution in [2.45, 2.75) is 133 Å². The predicted molar refractivity (Wildman–Crippen MR) is 287 cm³/mol. The third-order valence-electron chi connectivity index (χ3n) is 15.8. The van der Waals surface area contributed by atoms with Crippen molar-refractivity contribution in [3.8, 4) is 11.1 Å². The van der Waals surface area contributed by atoms with E-state index in [1.54, 1.807) is 16.5 Å². The van der Waals surface area contributed by atoms with E-state index in [9.17, 15) is 33.6 Å². The van der Waals surface area contributed by atoms with Gasteiger partial charge in [-0.2, -0.15) is 0 Å². The molecule has 1 fully saturated rings. The summed E-state index contributed by atoms with van der Waals surface area (Å²) in [6.07, 6.45) is 6.63. The minimum Gasteiger partial charge on any atom is -0.449 e. The van der Waals surface area contributed by atoms with Crippen LogP contribution in [0, 0.1) is 0 Å². The Morgan fingerprint density at radius 3 is 2.14 bits per heavy atom. The molecule has 76 heavy (non-hydrogen) atoms. The Bertz CT molecular complexity index is 3230. The van der Waals surface area contributed by atoms with Crippen LogP contribution in [0.1, 0.15) is 116 Å². The first-order chi connectivity index (χ1) is 36.8. The Labute approximate surface area is 441 Å². The predicted octanol–water partition coefficient (Wildman–Crippen LogP) is 7.13. The van der Waals surface area contributed by atoms with E-state index in [0.717, 1.165) is 88.5 Å². The van der Waals surface area contributed by atoms with Crippen molar-refractivity contribution in [1.82, 2.24) is 25.1 Å². The second kappa shape index (κ2) is 22.6. The van der Waals surface area contributed by atoms with Crippen molar-refractivity contribution < 1.29 is 38.2 Å². The highest BCUT2D eigenvalue weighted by Gasteiger charge is 2.45. The number of unbranched alkanes of at least 4 members (excludes halogenated alkanes) is 3. The van der Waals surface area contributed by atoms with E-state index in [-0.39, 0.29) is 68.2 Å². The molecule has 0 bridgehead atoms. The minimum absolute atomic E-state index is 0.0258. The highest BCUT2D eigenvalue weighted by molar-refractivity contribution is 6.07. The fourth-order valence-corrected chi connectivity index (χ4v) is 11.7. The van der Waals surface area contributed by atoms with E-state index in [2.05, 4.69) is 52.3 Å². The number of hydrogen-bond acceptors (Lipinski definition) is 9. The molecular weight excluding hydrogens is 963 g/mol. The third-order valence-corrected chi connectivity index (χ3v) is 15.8. The fraction of sp³-hybridized carbons (Fsp3) is 0.383. The molecule has 5 N–H and O–H groups in total. The monoisotopic (exact) mass is 1030 g/mol. The van der Waals surface area contributed by atoms with Gasteiger partial charge in [-0.1, -0.05) is 110 Å². The summed E-state index contributed by atoms with van der Waals surface area (Å²) in [6, 6.07) is 33.1. The molecule has 1 aliphatic carbocycles. The number of nitrogens with one attached hydrogen (secondary N) is 3. The van der Waals surface area contributed by atoms with E-state index in [1.165, 1.54) is 10.1 Å². The zero-order valence-corrected chi connectivity index (χ0v) is 43.1. The Morgan fingerprint density at radius 2 is 1.43 bits per heavy atom. The van der Waals surface area contributed by atoms with Gasteiger partial charge in [0.15, 0.2) is 0 Å². The molecule has 6 amide bonds. The summed E-state index contributed by atoms with van der Waals surface area (Å²) in [7, 11) is 1.71. The van der Waals surface area contributed by atoms with Crippen LogP contribution in [0.15, 0.2) is 114 Å². The van der Waals surface area contributed by atoms with Gasteiger partial charge in [-0.25, -0.2) is 9.59 Å². The second-order valence-corrected chi connectivity index (χ2v) is 20.8. The van der Waals surface area contributed by atoms with Gasteiger partial charge in [-0.05, 0) is 120 Å². The second-order valence-electron chi connectivity index (χ2n) is 20.8. The van der Waals surface area contributed by atoms with Crippen LogP contribution in [0.2, 0.25) is 0 Å². The SMILES string of the molecule is C[C@@H](OCc1ccc(CCCCCCc2ccc3c(c2)n(C)c(=O)n3C2CCC(=O)NC2=O)cc1)[C@H](CCC(N)=O)NC(=O)[C@@H]1Cc2cccc3c2N1C(=O)[C@@H](NC(=O)OCC1c2ccccc2-c2ccccc21)CC3. The van der Waals surface area contributed by atoms with Crippen LogP contribution in [0.3, 0.4) is 0 Å². The number of nitrogens with zero attached hydrogens (tertiary/aromatic N) is 3. The summed E-state index contributed by atoms with van der Waals surface area (Å²) in [5, 5.41) is 8.34. The summed E-state index contributed by atoms with van der Waals surface area (Å²) in [5.74, 6) is -2.18. The van der Waals surface area contributed by atoms with Crippen molar-refractivity contribution in [2.75, 3.05) is 11.5 Å². The van der Waals surface area contributed by atoms with E-state index < -0.39 is 48.2 Å². The van der Waals surface area contributed by atoms with Crippen LogP contribution in [-0.2, 0) is 72.8 Å². The number of piperidine rings is 1. The van der Waals surface area contributed by atoms with Gasteiger partial charge in [0.2, 0.25) is 29.5 Å². The lowest BCUT2D eigenvalue weighted by atomic mass is 9.98. The number of primary amides is 1. The van der Waals surface area contributed by atoms with Gasteiger partial charge < -0.3 is 25.8 Å². The minimum atomic E-state index is -0.931. The van der Waals surface area contributed by atoms with Crippen molar-refractivity contribution in [3.05, 3.63) is 159 Å². The maximum absolute atomic E-state index is 14.5. The number of fused-ring (bicyclic) bond motifs is 4. The van der Waals surface area contributed by atoms with Crippen molar-refractivity contribution >= 4 is 52.3 Å². The molecule has 5 aromatic carbocycles. The lowest BCUT2D eigenvalue weighted by molar-refractivity contribution is -0.135. The number of aryl methyl sites for hydroxylation is 4. The zero-order valence-electron chi connectivity index (χ0n) is 43.1. The molecule has 10 rings (SSSR count). The maximum Gasteiger partial charge on any atom is 0.407 e. The summed E-state index contributed by atoms with van der Waals surface area (Å²) in [4.78, 5) is 93.5. The quantitative estimate of drug-likeness (QED) is 0.0452. The number of imidazole rings is 1. The lowest BCUT2D eigenvalue weighted by Crippen LogP contribution is -2.56. The maximum atomic E-state index is 14.5. The number of para-hydroxylation sites is 1. The van der Waals surface area contributed by atoms with Crippen LogP contribution >= 0.6 is 0 Å². The number of amides is 6. The number of hydrogen-bond donors (Lipinski definition) is 4. The van der Waals surface area contributed by atoms with E-state index in [1.807, 2.05) is 79.7 Å². The molecule has 16 nitrogen and oxygen atoms in total. The van der Waals surface area contributed by atoms with Crippen LogP contribution in [0.5, 0.6) is 0 Å². The van der Waals surface area contributed by atoms with Gasteiger partial charge in [-0.15, -0.1) is 0 Å². The van der Waals surface area contributed by atoms with Crippen molar-refractivity contribution in [2.24, 2.45) is 12.8 Å². The molecule has 6 aromatic rings. The van der Waals surface area contributed by atoms with Gasteiger partial charge in [0.1, 0.15) is 24.7 Å². The first-order valence-corrected chi connectivity index (χ1v) is 26.7. The number of carbonyl (C=O) groups excluding carboxylic acids is 6. The fourth-order valence-electron chi connectivity index (χ4n) is 11.7. The smallest absolute Gasteiger partial charge is 0.407 e. The average Bonchev–Trinajstić information content (AvgIpc) is 4.04. The summed E-state index contributed by atoms with van der Waals surface area (Å²) >= 11 is 0. The highest BCUT2D eigenvalue weighted by Crippen LogP contribution is 2.45. The molecule has 0 saturated carbocycles. The van der Waals surface area contributed by atoms with Crippen molar-refractivity contribution in [1.29, 1.82) is 0 Å². The van der Waals surface area contributed by atoms with Gasteiger partial charge in [0.25, 0.3) is 0 Å². The number of imide groups is 1. The molecule has 1 unspecified atom stereocenters. The number of alkyl carbamates (subject to hydrolysis) is 1. The Hall–Kier alpha value is -7.85. The lowest BCUT2D eigenvalue weighted by Gasteiger charge is -2.31. The molecule has 4 aliphatic rings. The van der Waals surface area contributed by atoms with E-state index >= 15 is 0 Å². The number of aromatic nitrogens is 2. The number of rotatable bonds is 20. The number of carbonyl (C=O) groups is 6. The number of benzene rings is 5. The van der Waals surface area contributed by atoms with Gasteiger partial charge in [0.05, 0.1) is 35.5 Å². The van der Waals surface area contributed by atoms with Crippen LogP contribution < -0.4 is 32.3 Å². The van der Waals surface area contributed by atoms with Crippen LogP contribution in [0.4, 0.5) is 10.5 Å². The van der Waals surface area contributed by atoms with Crippen LogP contribution in [-0.4, -0.2) is 75.6 Å². The van der Waals surface area contributed by atoms with Gasteiger partial charge >= 0.3 is 11.8 Å². The molecule has 0 spiro atoms. The first kappa shape index (κ1) is 51.6. The van der Waals surface area contributed by atoms with Gasteiger partial charge in [0, 0.05) is 32.2 Å². The van der Waals surface area contributed by atoms with Crippen LogP contribution in [0.25, 0.3) is 22.2 Å². The number of ether oxygens (including phenoxy) is 2. The van der Waals surface area contributed by atoms with E-state index in [4.69, 9.17) is 15.2 Å². The first-order valence-electron chi connectivity index (χ1n) is 26.7. The van der Waals surface area contributed by atoms with Gasteiger partial charge in [-0.3, -0.25) is 43.3 Å². The zero-order chi connectivity index (χ0) is 53.0. The molecule has 5 atom stereocenters. The molecule has 4 heterocycles. The standard InChI is InChI=1S/C60H65N7O9/c1-36(75-34-39-22-20-37(21-23-39)12-5-3-4-6-13-38-24-28-49-51(32-38)65(2)60(74)66(49)50-29-31-54(69)64-56(50)70)47(27-30-53(61)68)62-57(71)52-33-41-15-11-14-40-25-26-48(58(72)67(52)55(40)41)63-59(73)76-35-46-44-18-9-7-16-42(44)43-17-8-10-19-45(43)46/h7-11,14-24,28,32,36,46-48,50,52H,3-6,12-13,25-27,29-31,33-35H2,1-2H3,(H2,61,68)(H,62,71)(H,63,73)(H,64,69,70)/t36-,47+,48+,50?,52+/m1/s1. The largest absolute Gasteiger partial charge is 0.449 e. The number of anilines is 1. The normalized spacial score (nSPS) is 18.6. The summed E-state index contributed by atoms with van der Waals surface area (Å²) in [6.45, 7) is 2.23. The Kier molecular flexibility index (Phi) is 15.3. The van der Waals surface area contributed by atoms with E-state index in [0.29, 0.717) is 30.5 Å². The Balaban J connectivity index is 0.701. The molecule has 16 heteroatoms. The molecule has 1 saturated heterocycles. The molecule has 3 aliphatic heterocycles. The summed E-state index contributed by atoms with van der Waals surface area (Å²) < 4.78 is 15.3.